The molecule has 0 radical (unpaired) electrons. The van der Waals surface area contributed by atoms with Gasteiger partial charge in [-0.25, -0.2) is 0 Å². The van der Waals surface area contributed by atoms with Gasteiger partial charge in [-0.05, 0) is 42.9 Å². The number of rotatable bonds is 0. The summed E-state index contributed by atoms with van der Waals surface area (Å²) >= 11 is 0. The van der Waals surface area contributed by atoms with Crippen LogP contribution in [-0.2, 0) is 6.42 Å². The third-order valence-electron chi connectivity index (χ3n) is 3.49. The van der Waals surface area contributed by atoms with Gasteiger partial charge in [0.15, 0.2) is 0 Å². The summed E-state index contributed by atoms with van der Waals surface area (Å²) in [5.74, 6) is 0.721. The Balaban J connectivity index is 2.48. The molecule has 72 valence electrons. The lowest BCUT2D eigenvalue weighted by atomic mass is 9.84. The molecule has 1 N–H and O–H groups in total. The summed E-state index contributed by atoms with van der Waals surface area (Å²) in [7, 11) is 0. The van der Waals surface area contributed by atoms with Crippen LogP contribution in [0.1, 0.15) is 36.1 Å². The lowest BCUT2D eigenvalue weighted by molar-refractivity contribution is 0.667. The Hall–Kier alpha value is -1.24. The zero-order valence-corrected chi connectivity index (χ0v) is 8.72. The van der Waals surface area contributed by atoms with Gasteiger partial charge in [0, 0.05) is 16.6 Å². The zero-order valence-electron chi connectivity index (χ0n) is 8.72. The Bertz CT molecular complexity index is 493. The normalized spacial score (nSPS) is 20.3. The Morgan fingerprint density at radius 1 is 1.36 bits per heavy atom. The van der Waals surface area contributed by atoms with E-state index in [9.17, 15) is 0 Å². The number of hydrogen-bond donors (Lipinski definition) is 1. The van der Waals surface area contributed by atoms with Crippen LogP contribution in [0.25, 0.3) is 10.9 Å². The highest BCUT2D eigenvalue weighted by molar-refractivity contribution is 5.89. The molecule has 0 saturated heterocycles. The maximum atomic E-state index is 3.49. The molecule has 3 rings (SSSR count). The van der Waals surface area contributed by atoms with Crippen molar-refractivity contribution in [2.45, 2.75) is 32.6 Å². The van der Waals surface area contributed by atoms with E-state index < -0.39 is 0 Å². The highest BCUT2D eigenvalue weighted by Gasteiger charge is 2.21. The van der Waals surface area contributed by atoms with Crippen LogP contribution in [0.4, 0.5) is 0 Å². The number of nitrogens with one attached hydrogen (secondary N) is 1. The topological polar surface area (TPSA) is 15.8 Å². The van der Waals surface area contributed by atoms with Crippen LogP contribution >= 0.6 is 0 Å². The number of aryl methyl sites for hydroxylation is 2. The van der Waals surface area contributed by atoms with Gasteiger partial charge in [0.2, 0.25) is 0 Å². The average molecular weight is 185 g/mol. The number of hydrogen-bond acceptors (Lipinski definition) is 0. The Morgan fingerprint density at radius 3 is 3.07 bits per heavy atom. The minimum Gasteiger partial charge on any atom is -0.358 e. The summed E-state index contributed by atoms with van der Waals surface area (Å²) in [6.45, 7) is 4.53. The van der Waals surface area contributed by atoms with Crippen LogP contribution in [0.3, 0.4) is 0 Å². The van der Waals surface area contributed by atoms with Gasteiger partial charge < -0.3 is 4.98 Å². The zero-order chi connectivity index (χ0) is 9.71. The lowest BCUT2D eigenvalue weighted by Gasteiger charge is -2.19. The van der Waals surface area contributed by atoms with Crippen molar-refractivity contribution < 1.29 is 0 Å². The first-order valence-corrected chi connectivity index (χ1v) is 5.37. The molecule has 2 aromatic rings. The number of aromatic amines is 1. The summed E-state index contributed by atoms with van der Waals surface area (Å²) < 4.78 is 0. The molecule has 14 heavy (non-hydrogen) atoms. The lowest BCUT2D eigenvalue weighted by Crippen LogP contribution is -2.04. The maximum Gasteiger partial charge on any atom is 0.0461 e. The molecule has 0 saturated carbocycles. The van der Waals surface area contributed by atoms with Gasteiger partial charge in [0.1, 0.15) is 0 Å². The fraction of sp³-hybridized carbons (Fsp3) is 0.385. The molecule has 1 nitrogen and oxygen atoms in total. The van der Waals surface area contributed by atoms with E-state index in [0.717, 1.165) is 5.92 Å². The summed E-state index contributed by atoms with van der Waals surface area (Å²) in [6.07, 6.45) is 2.54. The molecule has 1 heteroatoms. The van der Waals surface area contributed by atoms with E-state index in [1.165, 1.54) is 35.0 Å². The van der Waals surface area contributed by atoms with Crippen molar-refractivity contribution in [2.24, 2.45) is 0 Å². The molecule has 1 aliphatic rings. The first kappa shape index (κ1) is 8.10. The van der Waals surface area contributed by atoms with E-state index in [1.54, 1.807) is 5.56 Å². The molecule has 1 unspecified atom stereocenters. The van der Waals surface area contributed by atoms with Crippen LogP contribution in [-0.4, -0.2) is 4.98 Å². The van der Waals surface area contributed by atoms with Crippen LogP contribution in [0, 0.1) is 6.92 Å². The minimum absolute atomic E-state index is 0.721. The van der Waals surface area contributed by atoms with E-state index in [1.807, 2.05) is 0 Å². The third kappa shape index (κ3) is 0.899. The van der Waals surface area contributed by atoms with Crippen molar-refractivity contribution in [3.05, 3.63) is 35.0 Å². The van der Waals surface area contributed by atoms with Crippen molar-refractivity contribution in [1.82, 2.24) is 4.98 Å². The Morgan fingerprint density at radius 2 is 2.21 bits per heavy atom. The highest BCUT2D eigenvalue weighted by atomic mass is 14.7. The summed E-state index contributed by atoms with van der Waals surface area (Å²) in [5, 5.41) is 1.50. The van der Waals surface area contributed by atoms with Gasteiger partial charge in [0.05, 0.1) is 0 Å². The van der Waals surface area contributed by atoms with Crippen molar-refractivity contribution in [3.8, 4) is 0 Å². The van der Waals surface area contributed by atoms with Crippen LogP contribution in [0.5, 0.6) is 0 Å². The molecule has 1 aromatic carbocycles. The molecule has 0 aliphatic heterocycles. The maximum absolute atomic E-state index is 3.49. The molecular weight excluding hydrogens is 170 g/mol. The predicted molar refractivity (Wildman–Crippen MR) is 59.8 cm³/mol. The van der Waals surface area contributed by atoms with Crippen molar-refractivity contribution in [1.29, 1.82) is 0 Å². The van der Waals surface area contributed by atoms with Gasteiger partial charge in [-0.3, -0.25) is 0 Å². The fourth-order valence-electron chi connectivity index (χ4n) is 2.82. The van der Waals surface area contributed by atoms with Crippen molar-refractivity contribution in [3.63, 3.8) is 0 Å². The second kappa shape index (κ2) is 2.63. The molecule has 0 bridgehead atoms. The number of H-pyrrole nitrogens is 1. The monoisotopic (exact) mass is 185 g/mol. The molecule has 1 aliphatic carbocycles. The van der Waals surface area contributed by atoms with Gasteiger partial charge >= 0.3 is 0 Å². The van der Waals surface area contributed by atoms with Gasteiger partial charge in [-0.2, -0.15) is 0 Å². The number of aromatic nitrogens is 1. The molecule has 0 spiro atoms. The molecule has 1 atom stereocenters. The SMILES string of the molecule is Cc1[nH]c2cccc3c2c1C(C)CC3. The van der Waals surface area contributed by atoms with Gasteiger partial charge in [-0.1, -0.05) is 19.1 Å². The van der Waals surface area contributed by atoms with E-state index >= 15 is 0 Å². The molecule has 0 amide bonds. The van der Waals surface area contributed by atoms with Crippen LogP contribution < -0.4 is 0 Å². The molecular formula is C13H15N. The van der Waals surface area contributed by atoms with E-state index in [0.29, 0.717) is 0 Å². The minimum atomic E-state index is 0.721. The predicted octanol–water partition coefficient (Wildman–Crippen LogP) is 3.53. The summed E-state index contributed by atoms with van der Waals surface area (Å²) in [5.41, 5.74) is 5.77. The standard InChI is InChI=1S/C13H15N/c1-8-6-7-10-4-3-5-11-13(10)12(8)9(2)14-11/h3-5,8,14H,6-7H2,1-2H3. The van der Waals surface area contributed by atoms with E-state index in [-0.39, 0.29) is 0 Å². The smallest absolute Gasteiger partial charge is 0.0461 e. The quantitative estimate of drug-likeness (QED) is 0.646. The largest absolute Gasteiger partial charge is 0.358 e. The Labute approximate surface area is 84.1 Å². The summed E-state index contributed by atoms with van der Waals surface area (Å²) in [6, 6.07) is 6.62. The summed E-state index contributed by atoms with van der Waals surface area (Å²) in [4.78, 5) is 3.49. The van der Waals surface area contributed by atoms with Crippen LogP contribution in [0.15, 0.2) is 18.2 Å². The Kier molecular flexibility index (Phi) is 1.52. The highest BCUT2D eigenvalue weighted by Crippen LogP contribution is 2.38. The molecule has 1 aromatic heterocycles. The van der Waals surface area contributed by atoms with Gasteiger partial charge in [0.25, 0.3) is 0 Å². The van der Waals surface area contributed by atoms with Gasteiger partial charge in [-0.15, -0.1) is 0 Å². The average Bonchev–Trinajstić information content (AvgIpc) is 2.51. The van der Waals surface area contributed by atoms with Crippen molar-refractivity contribution >= 4 is 10.9 Å². The van der Waals surface area contributed by atoms with E-state index in [2.05, 4.69) is 37.0 Å². The first-order valence-electron chi connectivity index (χ1n) is 5.37. The van der Waals surface area contributed by atoms with E-state index in [4.69, 9.17) is 0 Å². The second-order valence-corrected chi connectivity index (χ2v) is 4.44. The number of benzene rings is 1. The second-order valence-electron chi connectivity index (χ2n) is 4.44. The first-order chi connectivity index (χ1) is 6.77. The molecule has 1 heterocycles. The molecule has 0 fully saturated rings. The van der Waals surface area contributed by atoms with Crippen molar-refractivity contribution in [2.75, 3.05) is 0 Å². The third-order valence-corrected chi connectivity index (χ3v) is 3.49. The van der Waals surface area contributed by atoms with Crippen LogP contribution in [0.2, 0.25) is 0 Å². The fourth-order valence-corrected chi connectivity index (χ4v) is 2.82.